The molecule has 6 heteroatoms. The number of aryl methyl sites for hydroxylation is 1. The van der Waals surface area contributed by atoms with E-state index in [-0.39, 0.29) is 0 Å². The van der Waals surface area contributed by atoms with Gasteiger partial charge >= 0.3 is 0 Å². The van der Waals surface area contributed by atoms with Crippen molar-refractivity contribution >= 4 is 5.82 Å². The molecule has 2 aromatic heterocycles. The van der Waals surface area contributed by atoms with Gasteiger partial charge in [-0.3, -0.25) is 4.90 Å². The summed E-state index contributed by atoms with van der Waals surface area (Å²) in [6.07, 6.45) is 3.78. The smallest absolute Gasteiger partial charge is 0.214 e. The minimum Gasteiger partial charge on any atom is -0.354 e. The number of aromatic nitrogens is 3. The number of hydrogen-bond acceptors (Lipinski definition) is 4. The van der Waals surface area contributed by atoms with Gasteiger partial charge in [-0.05, 0) is 12.1 Å². The van der Waals surface area contributed by atoms with Crippen LogP contribution in [0.2, 0.25) is 0 Å². The average molecular weight is 275 g/mol. The zero-order valence-electron chi connectivity index (χ0n) is 11.5. The van der Waals surface area contributed by atoms with Crippen molar-refractivity contribution in [2.75, 3.05) is 31.1 Å². The van der Waals surface area contributed by atoms with Crippen LogP contribution in [0.1, 0.15) is 5.82 Å². The predicted octanol–water partition coefficient (Wildman–Crippen LogP) is 1.28. The molecule has 20 heavy (non-hydrogen) atoms. The van der Waals surface area contributed by atoms with Gasteiger partial charge in [0.15, 0.2) is 0 Å². The van der Waals surface area contributed by atoms with Crippen molar-refractivity contribution < 1.29 is 4.39 Å². The van der Waals surface area contributed by atoms with Gasteiger partial charge in [0.2, 0.25) is 5.95 Å². The van der Waals surface area contributed by atoms with Crippen LogP contribution in [0.5, 0.6) is 0 Å². The fourth-order valence-corrected chi connectivity index (χ4v) is 2.46. The van der Waals surface area contributed by atoms with Crippen molar-refractivity contribution in [3.8, 4) is 0 Å². The lowest BCUT2D eigenvalue weighted by Gasteiger charge is -2.35. The SMILES string of the molecule is Cn1ccnc1CN1CCN(c2cccc(F)n2)CC1. The van der Waals surface area contributed by atoms with Crippen LogP contribution in [0.4, 0.5) is 10.2 Å². The number of piperazine rings is 1. The standard InChI is InChI=1S/C14H18FN5/c1-18-6-5-16-14(18)11-19-7-9-20(10-8-19)13-4-2-3-12(15)17-13/h2-6H,7-11H2,1H3. The molecule has 2 aromatic rings. The number of rotatable bonds is 3. The Balaban J connectivity index is 1.58. The van der Waals surface area contributed by atoms with Gasteiger partial charge < -0.3 is 9.47 Å². The number of pyridine rings is 1. The highest BCUT2D eigenvalue weighted by Crippen LogP contribution is 2.14. The molecule has 0 atom stereocenters. The molecule has 0 N–H and O–H groups in total. The Labute approximate surface area is 117 Å². The highest BCUT2D eigenvalue weighted by Gasteiger charge is 2.19. The van der Waals surface area contributed by atoms with E-state index < -0.39 is 5.95 Å². The first-order valence-corrected chi connectivity index (χ1v) is 6.78. The normalized spacial score (nSPS) is 16.6. The zero-order valence-corrected chi connectivity index (χ0v) is 11.5. The molecule has 106 valence electrons. The summed E-state index contributed by atoms with van der Waals surface area (Å²) in [7, 11) is 2.01. The second-order valence-electron chi connectivity index (χ2n) is 5.04. The molecule has 0 radical (unpaired) electrons. The summed E-state index contributed by atoms with van der Waals surface area (Å²) in [6, 6.07) is 4.94. The maximum atomic E-state index is 13.1. The van der Waals surface area contributed by atoms with E-state index in [1.54, 1.807) is 6.07 Å². The van der Waals surface area contributed by atoms with Gasteiger partial charge in [-0.15, -0.1) is 0 Å². The Morgan fingerprint density at radius 1 is 1.20 bits per heavy atom. The summed E-state index contributed by atoms with van der Waals surface area (Å²) in [4.78, 5) is 12.8. The maximum Gasteiger partial charge on any atom is 0.214 e. The van der Waals surface area contributed by atoms with Gasteiger partial charge in [-0.25, -0.2) is 9.97 Å². The number of imidazole rings is 1. The highest BCUT2D eigenvalue weighted by atomic mass is 19.1. The molecule has 5 nitrogen and oxygen atoms in total. The van der Waals surface area contributed by atoms with Crippen LogP contribution < -0.4 is 4.90 Å². The second-order valence-corrected chi connectivity index (χ2v) is 5.04. The Bertz CT molecular complexity index is 574. The molecule has 3 heterocycles. The molecule has 0 amide bonds. The van der Waals surface area contributed by atoms with Crippen molar-refractivity contribution in [1.29, 1.82) is 0 Å². The van der Waals surface area contributed by atoms with E-state index in [1.807, 2.05) is 30.1 Å². The molecular formula is C14H18FN5. The molecule has 0 spiro atoms. The molecule has 1 saturated heterocycles. The molecule has 0 saturated carbocycles. The van der Waals surface area contributed by atoms with Crippen LogP contribution in [0.3, 0.4) is 0 Å². The van der Waals surface area contributed by atoms with Crippen LogP contribution in [-0.2, 0) is 13.6 Å². The van der Waals surface area contributed by atoms with Gasteiger partial charge in [-0.1, -0.05) is 6.07 Å². The molecule has 0 aromatic carbocycles. The summed E-state index contributed by atoms with van der Waals surface area (Å²) in [5.74, 6) is 1.38. The number of halogens is 1. The Morgan fingerprint density at radius 2 is 2.00 bits per heavy atom. The average Bonchev–Trinajstić information content (AvgIpc) is 2.85. The minimum atomic E-state index is -0.419. The first-order valence-electron chi connectivity index (χ1n) is 6.78. The summed E-state index contributed by atoms with van der Waals surface area (Å²) in [5.41, 5.74) is 0. The Kier molecular flexibility index (Phi) is 3.64. The van der Waals surface area contributed by atoms with Crippen LogP contribution in [0.25, 0.3) is 0 Å². The van der Waals surface area contributed by atoms with E-state index in [0.717, 1.165) is 44.4 Å². The van der Waals surface area contributed by atoms with E-state index in [1.165, 1.54) is 6.07 Å². The van der Waals surface area contributed by atoms with Crippen LogP contribution >= 0.6 is 0 Å². The van der Waals surface area contributed by atoms with E-state index in [9.17, 15) is 4.39 Å². The highest BCUT2D eigenvalue weighted by molar-refractivity contribution is 5.38. The predicted molar refractivity (Wildman–Crippen MR) is 74.9 cm³/mol. The lowest BCUT2D eigenvalue weighted by atomic mass is 10.3. The summed E-state index contributed by atoms with van der Waals surface area (Å²) >= 11 is 0. The molecule has 0 aliphatic carbocycles. The molecule has 1 aliphatic heterocycles. The maximum absolute atomic E-state index is 13.1. The van der Waals surface area contributed by atoms with Crippen LogP contribution in [-0.4, -0.2) is 45.6 Å². The topological polar surface area (TPSA) is 37.2 Å². The zero-order chi connectivity index (χ0) is 13.9. The van der Waals surface area contributed by atoms with E-state index in [0.29, 0.717) is 0 Å². The summed E-state index contributed by atoms with van der Waals surface area (Å²) < 4.78 is 15.2. The van der Waals surface area contributed by atoms with Crippen molar-refractivity contribution in [3.05, 3.63) is 42.4 Å². The Morgan fingerprint density at radius 3 is 2.65 bits per heavy atom. The van der Waals surface area contributed by atoms with Crippen molar-refractivity contribution in [2.45, 2.75) is 6.54 Å². The third-order valence-corrected chi connectivity index (χ3v) is 3.68. The van der Waals surface area contributed by atoms with E-state index in [4.69, 9.17) is 0 Å². The number of anilines is 1. The summed E-state index contributed by atoms with van der Waals surface area (Å²) in [5, 5.41) is 0. The third kappa shape index (κ3) is 2.80. The third-order valence-electron chi connectivity index (χ3n) is 3.68. The van der Waals surface area contributed by atoms with Gasteiger partial charge in [0.25, 0.3) is 0 Å². The second kappa shape index (κ2) is 5.58. The van der Waals surface area contributed by atoms with Crippen molar-refractivity contribution in [1.82, 2.24) is 19.4 Å². The van der Waals surface area contributed by atoms with E-state index >= 15 is 0 Å². The van der Waals surface area contributed by atoms with Gasteiger partial charge in [0.05, 0.1) is 6.54 Å². The minimum absolute atomic E-state index is 0.419. The largest absolute Gasteiger partial charge is 0.354 e. The molecule has 0 bridgehead atoms. The molecule has 3 rings (SSSR count). The molecule has 0 unspecified atom stereocenters. The molecule has 1 fully saturated rings. The van der Waals surface area contributed by atoms with E-state index in [2.05, 4.69) is 19.8 Å². The monoisotopic (exact) mass is 275 g/mol. The van der Waals surface area contributed by atoms with Gasteiger partial charge in [-0.2, -0.15) is 4.39 Å². The number of hydrogen-bond donors (Lipinski definition) is 0. The fourth-order valence-electron chi connectivity index (χ4n) is 2.46. The summed E-state index contributed by atoms with van der Waals surface area (Å²) in [6.45, 7) is 4.45. The first kappa shape index (κ1) is 13.1. The fraction of sp³-hybridized carbons (Fsp3) is 0.429. The van der Waals surface area contributed by atoms with Crippen LogP contribution in [0, 0.1) is 5.95 Å². The van der Waals surface area contributed by atoms with Gasteiger partial charge in [0.1, 0.15) is 11.6 Å². The molecule has 1 aliphatic rings. The Hall–Kier alpha value is -1.95. The van der Waals surface area contributed by atoms with Crippen molar-refractivity contribution in [2.24, 2.45) is 7.05 Å². The van der Waals surface area contributed by atoms with Gasteiger partial charge in [0, 0.05) is 45.6 Å². The lowest BCUT2D eigenvalue weighted by Crippen LogP contribution is -2.46. The van der Waals surface area contributed by atoms with Crippen LogP contribution in [0.15, 0.2) is 30.6 Å². The van der Waals surface area contributed by atoms with Crippen molar-refractivity contribution in [3.63, 3.8) is 0 Å². The first-order chi connectivity index (χ1) is 9.72. The molecular weight excluding hydrogens is 257 g/mol. The lowest BCUT2D eigenvalue weighted by molar-refractivity contribution is 0.241. The number of nitrogens with zero attached hydrogens (tertiary/aromatic N) is 5. The quantitative estimate of drug-likeness (QED) is 0.791.